The number of aromatic nitrogens is 1. The molecule has 0 saturated carbocycles. The first-order chi connectivity index (χ1) is 21.2. The number of rotatable bonds is 16. The Hall–Kier alpha value is -2.99. The number of hydrazine groups is 1. The maximum absolute atomic E-state index is 13.9. The van der Waals surface area contributed by atoms with Crippen molar-refractivity contribution in [3.8, 4) is 6.07 Å². The van der Waals surface area contributed by atoms with Crippen LogP contribution in [-0.2, 0) is 19.8 Å². The van der Waals surface area contributed by atoms with Crippen molar-refractivity contribution < 1.29 is 14.4 Å². The van der Waals surface area contributed by atoms with Gasteiger partial charge in [0, 0.05) is 37.0 Å². The van der Waals surface area contributed by atoms with Crippen molar-refractivity contribution in [2.45, 2.75) is 126 Å². The van der Waals surface area contributed by atoms with Crippen LogP contribution in [0.25, 0.3) is 6.08 Å². The molecular weight excluding hydrogens is 582 g/mol. The molecule has 2 heterocycles. The molecule has 0 radical (unpaired) electrons. The van der Waals surface area contributed by atoms with E-state index in [0.717, 1.165) is 51.7 Å². The molecule has 1 aliphatic rings. The van der Waals surface area contributed by atoms with E-state index in [2.05, 4.69) is 53.4 Å². The van der Waals surface area contributed by atoms with Crippen LogP contribution in [0.3, 0.4) is 0 Å². The fraction of sp³-hybridized carbons (Fsp3) is 0.694. The number of carbonyl (C=O) groups is 3. The molecule has 0 N–H and O–H groups in total. The van der Waals surface area contributed by atoms with Crippen molar-refractivity contribution in [3.05, 3.63) is 27.3 Å². The lowest BCUT2D eigenvalue weighted by atomic mass is 9.89. The first kappa shape index (κ1) is 38.2. The molecule has 0 aliphatic carbocycles. The Morgan fingerprint density at radius 1 is 1.00 bits per heavy atom. The molecule has 0 fully saturated rings. The molecule has 2 atom stereocenters. The number of hydrogen-bond donors (Lipinski definition) is 0. The molecule has 0 aromatic carbocycles. The zero-order valence-corrected chi connectivity index (χ0v) is 30.6. The number of hydrogen-bond acceptors (Lipinski definition) is 7. The van der Waals surface area contributed by atoms with Gasteiger partial charge in [0.25, 0.3) is 11.8 Å². The van der Waals surface area contributed by atoms with Crippen molar-refractivity contribution in [1.29, 1.82) is 5.26 Å². The summed E-state index contributed by atoms with van der Waals surface area (Å²) >= 11 is 1.57. The molecular formula is C36H57N5O3S. The third-order valence-electron chi connectivity index (χ3n) is 8.77. The van der Waals surface area contributed by atoms with Crippen LogP contribution in [0, 0.1) is 29.1 Å². The average Bonchev–Trinajstić information content (AvgIpc) is 3.43. The highest BCUT2D eigenvalue weighted by Gasteiger charge is 2.40. The lowest BCUT2D eigenvalue weighted by molar-refractivity contribution is -0.168. The summed E-state index contributed by atoms with van der Waals surface area (Å²) in [4.78, 5) is 48.6. The standard InChI is InChI=1S/C36H57N5O3S/c1-12-16-18-26(14-3)22-40(23-27(15-4)19-17-13-2)35-38-31(36(8,9)10)30(45-35)20-28-25(7)29(21-37)34(44)41(33(28)43)39(11)32(42)24(5)6/h20,24,26-27H,12-19,22-23H2,1-11H3/b28-20-. The maximum Gasteiger partial charge on any atom is 0.290 e. The van der Waals surface area contributed by atoms with Gasteiger partial charge in [0.15, 0.2) is 5.13 Å². The maximum atomic E-state index is 13.9. The Morgan fingerprint density at radius 3 is 1.96 bits per heavy atom. The normalized spacial score (nSPS) is 16.4. The Labute approximate surface area is 276 Å². The predicted molar refractivity (Wildman–Crippen MR) is 185 cm³/mol. The third kappa shape index (κ3) is 9.51. The van der Waals surface area contributed by atoms with E-state index in [-0.39, 0.29) is 22.5 Å². The Morgan fingerprint density at radius 2 is 1.53 bits per heavy atom. The van der Waals surface area contributed by atoms with Crippen LogP contribution in [0.4, 0.5) is 5.13 Å². The van der Waals surface area contributed by atoms with E-state index in [1.54, 1.807) is 38.2 Å². The number of nitriles is 1. The van der Waals surface area contributed by atoms with Gasteiger partial charge >= 0.3 is 0 Å². The number of thiazole rings is 1. The third-order valence-corrected chi connectivity index (χ3v) is 9.84. The molecule has 8 nitrogen and oxygen atoms in total. The first-order valence-corrected chi connectivity index (χ1v) is 17.7. The van der Waals surface area contributed by atoms with Gasteiger partial charge in [-0.2, -0.15) is 10.3 Å². The Balaban J connectivity index is 2.74. The van der Waals surface area contributed by atoms with Gasteiger partial charge in [-0.25, -0.2) is 9.99 Å². The van der Waals surface area contributed by atoms with Crippen molar-refractivity contribution in [2.24, 2.45) is 17.8 Å². The summed E-state index contributed by atoms with van der Waals surface area (Å²) in [6.07, 6.45) is 11.1. The SMILES string of the molecule is CCCCC(CC)CN(CC(CC)CCCC)c1nc(C(C)(C)C)c(/C=C2\C(=O)N(N(C)C(=O)C(C)C)C(=O)C(C#N)=C2C)s1. The topological polar surface area (TPSA) is 97.6 Å². The van der Waals surface area contributed by atoms with Crippen molar-refractivity contribution in [2.75, 3.05) is 25.0 Å². The smallest absolute Gasteiger partial charge is 0.290 e. The van der Waals surface area contributed by atoms with Crippen LogP contribution in [0.1, 0.15) is 131 Å². The van der Waals surface area contributed by atoms with E-state index in [1.165, 1.54) is 45.6 Å². The summed E-state index contributed by atoms with van der Waals surface area (Å²) in [6.45, 7) is 22.3. The zero-order chi connectivity index (χ0) is 34.1. The van der Waals surface area contributed by atoms with Gasteiger partial charge in [0.2, 0.25) is 5.91 Å². The molecule has 9 heteroatoms. The van der Waals surface area contributed by atoms with E-state index >= 15 is 0 Å². The molecule has 250 valence electrons. The predicted octanol–water partition coefficient (Wildman–Crippen LogP) is 8.30. The minimum Gasteiger partial charge on any atom is -0.348 e. The molecule has 1 aromatic heterocycles. The van der Waals surface area contributed by atoms with Gasteiger partial charge in [-0.05, 0) is 43.3 Å². The van der Waals surface area contributed by atoms with Gasteiger partial charge in [-0.1, -0.05) is 112 Å². The van der Waals surface area contributed by atoms with Crippen LogP contribution < -0.4 is 4.90 Å². The molecule has 2 rings (SSSR count). The second-order valence-electron chi connectivity index (χ2n) is 13.8. The van der Waals surface area contributed by atoms with Gasteiger partial charge in [-0.3, -0.25) is 14.4 Å². The molecule has 45 heavy (non-hydrogen) atoms. The number of nitrogens with zero attached hydrogens (tertiary/aromatic N) is 5. The van der Waals surface area contributed by atoms with Crippen LogP contribution in [0.15, 0.2) is 16.7 Å². The largest absolute Gasteiger partial charge is 0.348 e. The van der Waals surface area contributed by atoms with E-state index in [4.69, 9.17) is 4.98 Å². The summed E-state index contributed by atoms with van der Waals surface area (Å²) in [5, 5.41) is 12.7. The molecule has 1 aliphatic heterocycles. The van der Waals surface area contributed by atoms with Crippen molar-refractivity contribution in [3.63, 3.8) is 0 Å². The van der Waals surface area contributed by atoms with E-state index in [9.17, 15) is 19.6 Å². The highest BCUT2D eigenvalue weighted by molar-refractivity contribution is 7.16. The highest BCUT2D eigenvalue weighted by atomic mass is 32.1. The van der Waals surface area contributed by atoms with Crippen LogP contribution in [0.2, 0.25) is 0 Å². The van der Waals surface area contributed by atoms with E-state index in [1.807, 2.05) is 6.07 Å². The summed E-state index contributed by atoms with van der Waals surface area (Å²) < 4.78 is 0. The van der Waals surface area contributed by atoms with E-state index in [0.29, 0.717) is 17.4 Å². The summed E-state index contributed by atoms with van der Waals surface area (Å²) in [6, 6.07) is 1.99. The number of carbonyl (C=O) groups excluding carboxylic acids is 3. The molecule has 2 unspecified atom stereocenters. The fourth-order valence-electron chi connectivity index (χ4n) is 5.72. The summed E-state index contributed by atoms with van der Waals surface area (Å²) in [5.74, 6) is -1.09. The zero-order valence-electron chi connectivity index (χ0n) is 29.7. The highest BCUT2D eigenvalue weighted by Crippen LogP contribution is 2.38. The number of imide groups is 1. The van der Waals surface area contributed by atoms with Crippen molar-refractivity contribution >= 4 is 40.3 Å². The fourth-order valence-corrected chi connectivity index (χ4v) is 6.96. The molecule has 3 amide bonds. The minimum atomic E-state index is -0.781. The molecule has 0 spiro atoms. The van der Waals surface area contributed by atoms with E-state index < -0.39 is 17.7 Å². The average molecular weight is 640 g/mol. The lowest BCUT2D eigenvalue weighted by Crippen LogP contribution is -2.54. The van der Waals surface area contributed by atoms with Crippen LogP contribution in [-0.4, -0.2) is 52.9 Å². The molecule has 1 aromatic rings. The minimum absolute atomic E-state index is 0.142. The number of unbranched alkanes of at least 4 members (excludes halogenated alkanes) is 2. The lowest BCUT2D eigenvalue weighted by Gasteiger charge is -2.34. The van der Waals surface area contributed by atoms with Gasteiger partial charge in [0.05, 0.1) is 10.6 Å². The van der Waals surface area contributed by atoms with Crippen molar-refractivity contribution in [1.82, 2.24) is 15.0 Å². The second kappa shape index (κ2) is 17.1. The second-order valence-corrected chi connectivity index (χ2v) is 14.8. The Bertz CT molecular complexity index is 1280. The monoisotopic (exact) mass is 639 g/mol. The summed E-state index contributed by atoms with van der Waals surface area (Å²) in [7, 11) is 1.40. The van der Waals surface area contributed by atoms with Gasteiger partial charge < -0.3 is 4.90 Å². The van der Waals surface area contributed by atoms with Gasteiger partial charge in [0.1, 0.15) is 11.6 Å². The quantitative estimate of drug-likeness (QED) is 0.133. The summed E-state index contributed by atoms with van der Waals surface area (Å²) in [5.41, 5.74) is 0.954. The van der Waals surface area contributed by atoms with Gasteiger partial charge in [-0.15, -0.1) is 0 Å². The molecule has 0 bridgehead atoms. The first-order valence-electron chi connectivity index (χ1n) is 16.9. The van der Waals surface area contributed by atoms with Crippen LogP contribution >= 0.6 is 11.3 Å². The number of anilines is 1. The molecule has 0 saturated heterocycles. The number of amides is 3. The Kier molecular flexibility index (Phi) is 14.5. The van der Waals surface area contributed by atoms with Crippen LogP contribution in [0.5, 0.6) is 0 Å².